The number of ether oxygens (including phenoxy) is 2. The van der Waals surface area contributed by atoms with Crippen LogP contribution in [0.2, 0.25) is 0 Å². The van der Waals surface area contributed by atoms with Gasteiger partial charge < -0.3 is 14.4 Å². The highest BCUT2D eigenvalue weighted by molar-refractivity contribution is 5.60. The SMILES string of the molecule is CC1(C)CCn2c(nc(-c3ccncc3)cc2=O)N1CC1COc2ccccc2O1. The average Bonchev–Trinajstić information content (AvgIpc) is 2.76. The quantitative estimate of drug-likeness (QED) is 0.668. The average molecular weight is 404 g/mol. The molecule has 3 aromatic rings. The topological polar surface area (TPSA) is 69.5 Å². The molecule has 0 saturated carbocycles. The van der Waals surface area contributed by atoms with Gasteiger partial charge in [0.2, 0.25) is 5.95 Å². The van der Waals surface area contributed by atoms with Crippen LogP contribution in [0.5, 0.6) is 11.5 Å². The maximum atomic E-state index is 12.9. The summed E-state index contributed by atoms with van der Waals surface area (Å²) in [5.41, 5.74) is 1.32. The summed E-state index contributed by atoms with van der Waals surface area (Å²) < 4.78 is 13.9. The number of aromatic nitrogens is 3. The van der Waals surface area contributed by atoms with Crippen molar-refractivity contribution in [2.45, 2.75) is 38.5 Å². The molecule has 0 fully saturated rings. The van der Waals surface area contributed by atoms with Crippen molar-refractivity contribution in [2.24, 2.45) is 0 Å². The minimum atomic E-state index is -0.170. The first kappa shape index (κ1) is 18.7. The molecule has 1 aromatic carbocycles. The van der Waals surface area contributed by atoms with Gasteiger partial charge in [0.15, 0.2) is 17.6 Å². The molecule has 2 aromatic heterocycles. The van der Waals surface area contributed by atoms with Gasteiger partial charge in [0, 0.05) is 36.1 Å². The maximum absolute atomic E-state index is 12.9. The minimum Gasteiger partial charge on any atom is -0.486 e. The van der Waals surface area contributed by atoms with Crippen molar-refractivity contribution in [1.29, 1.82) is 0 Å². The number of rotatable bonds is 3. The molecule has 0 bridgehead atoms. The van der Waals surface area contributed by atoms with E-state index in [-0.39, 0.29) is 17.2 Å². The zero-order valence-electron chi connectivity index (χ0n) is 17.1. The zero-order valence-corrected chi connectivity index (χ0v) is 17.1. The molecule has 7 heteroatoms. The van der Waals surface area contributed by atoms with Crippen LogP contribution in [0.1, 0.15) is 20.3 Å². The Bertz CT molecular complexity index is 1130. The van der Waals surface area contributed by atoms with Gasteiger partial charge in [-0.25, -0.2) is 4.98 Å². The molecule has 7 nitrogen and oxygen atoms in total. The summed E-state index contributed by atoms with van der Waals surface area (Å²) in [6.07, 6.45) is 4.11. The first-order chi connectivity index (χ1) is 14.5. The van der Waals surface area contributed by atoms with E-state index in [1.807, 2.05) is 36.4 Å². The first-order valence-corrected chi connectivity index (χ1v) is 10.2. The molecule has 2 aliphatic rings. The van der Waals surface area contributed by atoms with Crippen LogP contribution in [0, 0.1) is 0 Å². The minimum absolute atomic E-state index is 0.0431. The Labute approximate surface area is 174 Å². The lowest BCUT2D eigenvalue weighted by atomic mass is 9.95. The second-order valence-corrected chi connectivity index (χ2v) is 8.34. The number of hydrogen-bond acceptors (Lipinski definition) is 6. The molecular formula is C23H24N4O3. The summed E-state index contributed by atoms with van der Waals surface area (Å²) in [5, 5.41) is 0. The van der Waals surface area contributed by atoms with Gasteiger partial charge in [0.05, 0.1) is 12.2 Å². The molecular weight excluding hydrogens is 380 g/mol. The molecule has 5 rings (SSSR count). The highest BCUT2D eigenvalue weighted by Gasteiger charge is 2.37. The molecule has 1 unspecified atom stereocenters. The fourth-order valence-corrected chi connectivity index (χ4v) is 4.06. The van der Waals surface area contributed by atoms with Gasteiger partial charge in [-0.05, 0) is 44.5 Å². The van der Waals surface area contributed by atoms with E-state index in [0.29, 0.717) is 31.3 Å². The predicted molar refractivity (Wildman–Crippen MR) is 114 cm³/mol. The Morgan fingerprint density at radius 2 is 1.90 bits per heavy atom. The molecule has 154 valence electrons. The molecule has 4 heterocycles. The van der Waals surface area contributed by atoms with Crippen LogP contribution in [0.4, 0.5) is 5.95 Å². The van der Waals surface area contributed by atoms with Crippen LogP contribution < -0.4 is 19.9 Å². The lowest BCUT2D eigenvalue weighted by molar-refractivity contribution is 0.0896. The Balaban J connectivity index is 1.51. The number of hydrogen-bond donors (Lipinski definition) is 0. The van der Waals surface area contributed by atoms with E-state index in [0.717, 1.165) is 23.5 Å². The number of anilines is 1. The van der Waals surface area contributed by atoms with Gasteiger partial charge >= 0.3 is 0 Å². The third-order valence-electron chi connectivity index (χ3n) is 5.84. The third-order valence-corrected chi connectivity index (χ3v) is 5.84. The van der Waals surface area contributed by atoms with E-state index < -0.39 is 0 Å². The largest absolute Gasteiger partial charge is 0.486 e. The van der Waals surface area contributed by atoms with Crippen LogP contribution in [0.3, 0.4) is 0 Å². The molecule has 0 amide bonds. The van der Waals surface area contributed by atoms with Crippen molar-refractivity contribution in [1.82, 2.24) is 14.5 Å². The van der Waals surface area contributed by atoms with Crippen LogP contribution >= 0.6 is 0 Å². The monoisotopic (exact) mass is 404 g/mol. The van der Waals surface area contributed by atoms with Crippen molar-refractivity contribution >= 4 is 5.95 Å². The van der Waals surface area contributed by atoms with E-state index in [2.05, 4.69) is 23.7 Å². The van der Waals surface area contributed by atoms with Crippen molar-refractivity contribution in [3.05, 3.63) is 65.2 Å². The van der Waals surface area contributed by atoms with E-state index >= 15 is 0 Å². The summed E-state index contributed by atoms with van der Waals surface area (Å²) in [5.74, 6) is 2.19. The lowest BCUT2D eigenvalue weighted by Crippen LogP contribution is -2.56. The summed E-state index contributed by atoms with van der Waals surface area (Å²) in [4.78, 5) is 24.0. The second-order valence-electron chi connectivity index (χ2n) is 8.34. The standard InChI is InChI=1S/C23H24N4O3/c1-23(2)9-12-26-21(28)13-18(16-7-10-24-11-8-16)25-22(26)27(23)14-17-15-29-19-5-3-4-6-20(19)30-17/h3-8,10-11,13,17H,9,12,14-15H2,1-2H3. The number of benzene rings is 1. The Kier molecular flexibility index (Phi) is 4.46. The van der Waals surface area contributed by atoms with E-state index in [9.17, 15) is 4.79 Å². The van der Waals surface area contributed by atoms with Gasteiger partial charge in [-0.2, -0.15) is 0 Å². The molecule has 0 saturated heterocycles. The van der Waals surface area contributed by atoms with Gasteiger partial charge in [0.25, 0.3) is 5.56 Å². The molecule has 2 aliphatic heterocycles. The number of fused-ring (bicyclic) bond motifs is 2. The molecule has 1 atom stereocenters. The molecule has 0 N–H and O–H groups in total. The fraction of sp³-hybridized carbons (Fsp3) is 0.348. The summed E-state index contributed by atoms with van der Waals surface area (Å²) in [6, 6.07) is 13.0. The van der Waals surface area contributed by atoms with E-state index in [4.69, 9.17) is 14.5 Å². The van der Waals surface area contributed by atoms with Gasteiger partial charge in [0.1, 0.15) is 6.61 Å². The van der Waals surface area contributed by atoms with Crippen molar-refractivity contribution in [3.63, 3.8) is 0 Å². The zero-order chi connectivity index (χ0) is 20.7. The number of nitrogens with zero attached hydrogens (tertiary/aromatic N) is 4. The molecule has 0 aliphatic carbocycles. The highest BCUT2D eigenvalue weighted by atomic mass is 16.6. The second kappa shape index (κ2) is 7.16. The summed E-state index contributed by atoms with van der Waals surface area (Å²) >= 11 is 0. The molecule has 30 heavy (non-hydrogen) atoms. The van der Waals surface area contributed by atoms with Crippen LogP contribution in [-0.4, -0.2) is 39.3 Å². The Morgan fingerprint density at radius 1 is 1.13 bits per heavy atom. The Morgan fingerprint density at radius 3 is 2.70 bits per heavy atom. The maximum Gasteiger partial charge on any atom is 0.255 e. The van der Waals surface area contributed by atoms with Gasteiger partial charge in [-0.15, -0.1) is 0 Å². The van der Waals surface area contributed by atoms with E-state index in [1.54, 1.807) is 23.0 Å². The smallest absolute Gasteiger partial charge is 0.255 e. The lowest BCUT2D eigenvalue weighted by Gasteiger charge is -2.45. The van der Waals surface area contributed by atoms with Gasteiger partial charge in [-0.3, -0.25) is 14.3 Å². The van der Waals surface area contributed by atoms with Crippen molar-refractivity contribution in [3.8, 4) is 22.8 Å². The van der Waals surface area contributed by atoms with Gasteiger partial charge in [-0.1, -0.05) is 12.1 Å². The van der Waals surface area contributed by atoms with Crippen molar-refractivity contribution in [2.75, 3.05) is 18.1 Å². The predicted octanol–water partition coefficient (Wildman–Crippen LogP) is 3.13. The highest BCUT2D eigenvalue weighted by Crippen LogP contribution is 2.35. The third kappa shape index (κ3) is 3.30. The van der Waals surface area contributed by atoms with Crippen molar-refractivity contribution < 1.29 is 9.47 Å². The molecule has 0 radical (unpaired) electrons. The Hall–Kier alpha value is -3.35. The summed E-state index contributed by atoms with van der Waals surface area (Å²) in [7, 11) is 0. The van der Waals surface area contributed by atoms with Crippen LogP contribution in [0.15, 0.2) is 59.7 Å². The number of para-hydroxylation sites is 2. The van der Waals surface area contributed by atoms with E-state index in [1.165, 1.54) is 0 Å². The van der Waals surface area contributed by atoms with Crippen LogP contribution in [0.25, 0.3) is 11.3 Å². The normalized spacial score (nSPS) is 19.3. The first-order valence-electron chi connectivity index (χ1n) is 10.2. The molecule has 0 spiro atoms. The number of pyridine rings is 1. The summed E-state index contributed by atoms with van der Waals surface area (Å²) in [6.45, 7) is 6.04. The van der Waals surface area contributed by atoms with Crippen LogP contribution in [-0.2, 0) is 6.54 Å². The fourth-order valence-electron chi connectivity index (χ4n) is 4.06.